The van der Waals surface area contributed by atoms with Gasteiger partial charge in [-0.15, -0.1) is 11.3 Å². The predicted molar refractivity (Wildman–Crippen MR) is 112 cm³/mol. The topological polar surface area (TPSA) is 64.7 Å². The molecule has 4 rings (SSSR count). The van der Waals surface area contributed by atoms with Crippen LogP contribution in [0.25, 0.3) is 11.1 Å². The number of amides is 1. The lowest BCUT2D eigenvalue weighted by molar-refractivity contribution is -0.133. The van der Waals surface area contributed by atoms with E-state index < -0.39 is 5.76 Å². The van der Waals surface area contributed by atoms with Crippen LogP contribution >= 0.6 is 11.3 Å². The quantitative estimate of drug-likeness (QED) is 0.465. The Morgan fingerprint density at radius 3 is 2.66 bits per heavy atom. The van der Waals surface area contributed by atoms with Crippen molar-refractivity contribution in [2.45, 2.75) is 19.6 Å². The zero-order valence-corrected chi connectivity index (χ0v) is 16.7. The largest absolute Gasteiger partial charge is 0.496 e. The molecule has 0 N–H and O–H groups in total. The van der Waals surface area contributed by atoms with E-state index in [-0.39, 0.29) is 12.5 Å². The van der Waals surface area contributed by atoms with Gasteiger partial charge in [0.1, 0.15) is 12.3 Å². The van der Waals surface area contributed by atoms with Crippen LogP contribution in [-0.4, -0.2) is 22.5 Å². The highest BCUT2D eigenvalue weighted by Gasteiger charge is 2.20. The maximum atomic E-state index is 13.2. The van der Waals surface area contributed by atoms with Crippen LogP contribution < -0.4 is 10.5 Å². The molecule has 2 aromatic heterocycles. The molecule has 0 bridgehead atoms. The molecule has 0 radical (unpaired) electrons. The summed E-state index contributed by atoms with van der Waals surface area (Å²) in [6.07, 6.45) is 0. The van der Waals surface area contributed by atoms with E-state index in [2.05, 4.69) is 0 Å². The van der Waals surface area contributed by atoms with Gasteiger partial charge in [-0.05, 0) is 29.6 Å². The van der Waals surface area contributed by atoms with Gasteiger partial charge >= 0.3 is 5.76 Å². The van der Waals surface area contributed by atoms with Gasteiger partial charge in [-0.1, -0.05) is 36.4 Å². The zero-order chi connectivity index (χ0) is 20.2. The summed E-state index contributed by atoms with van der Waals surface area (Å²) in [5, 5.41) is 1.98. The first-order chi connectivity index (χ1) is 14.2. The molecule has 0 saturated heterocycles. The molecule has 0 spiro atoms. The highest BCUT2D eigenvalue weighted by Crippen LogP contribution is 2.22. The standard InChI is InChI=1S/C22H20N2O4S/c1-27-19-10-4-2-7-16(19)13-23(14-17-8-6-12-29-17)21(25)15-24-18-9-3-5-11-20(18)28-22(24)26/h2-12H,13-15H2,1H3. The van der Waals surface area contributed by atoms with Crippen LogP contribution in [0.2, 0.25) is 0 Å². The number of nitrogens with zero attached hydrogens (tertiary/aromatic N) is 2. The lowest BCUT2D eigenvalue weighted by atomic mass is 10.2. The van der Waals surface area contributed by atoms with Crippen molar-refractivity contribution in [2.24, 2.45) is 0 Å². The highest BCUT2D eigenvalue weighted by molar-refractivity contribution is 7.09. The van der Waals surface area contributed by atoms with E-state index in [0.29, 0.717) is 24.2 Å². The van der Waals surface area contributed by atoms with Gasteiger partial charge in [-0.2, -0.15) is 0 Å². The average molecular weight is 408 g/mol. The maximum Gasteiger partial charge on any atom is 0.420 e. The minimum absolute atomic E-state index is 0.0869. The number of fused-ring (bicyclic) bond motifs is 1. The van der Waals surface area contributed by atoms with Crippen molar-refractivity contribution in [3.63, 3.8) is 0 Å². The summed E-state index contributed by atoms with van der Waals surface area (Å²) in [6.45, 7) is 0.751. The first-order valence-corrected chi connectivity index (χ1v) is 10.0. The third-order valence-corrected chi connectivity index (χ3v) is 5.56. The van der Waals surface area contributed by atoms with Crippen LogP contribution in [0.3, 0.4) is 0 Å². The van der Waals surface area contributed by atoms with Crippen LogP contribution in [0.4, 0.5) is 0 Å². The van der Waals surface area contributed by atoms with Crippen LogP contribution in [-0.2, 0) is 24.4 Å². The summed E-state index contributed by atoms with van der Waals surface area (Å²) < 4.78 is 12.1. The van der Waals surface area contributed by atoms with Gasteiger partial charge in [-0.3, -0.25) is 9.36 Å². The Bertz CT molecular complexity index is 1180. The zero-order valence-electron chi connectivity index (χ0n) is 15.9. The number of carbonyl (C=O) groups excluding carboxylic acids is 1. The van der Waals surface area contributed by atoms with E-state index in [0.717, 1.165) is 16.2 Å². The minimum atomic E-state index is -0.534. The first-order valence-electron chi connectivity index (χ1n) is 9.16. The van der Waals surface area contributed by atoms with Crippen molar-refractivity contribution in [3.8, 4) is 5.75 Å². The molecule has 0 aliphatic heterocycles. The van der Waals surface area contributed by atoms with E-state index in [1.807, 2.05) is 47.8 Å². The number of para-hydroxylation sites is 3. The smallest absolute Gasteiger partial charge is 0.420 e. The van der Waals surface area contributed by atoms with Crippen LogP contribution in [0.5, 0.6) is 5.75 Å². The normalized spacial score (nSPS) is 10.9. The highest BCUT2D eigenvalue weighted by atomic mass is 32.1. The maximum absolute atomic E-state index is 13.2. The number of oxazole rings is 1. The molecule has 0 atom stereocenters. The van der Waals surface area contributed by atoms with Gasteiger partial charge in [-0.25, -0.2) is 4.79 Å². The lowest BCUT2D eigenvalue weighted by Crippen LogP contribution is -2.34. The summed E-state index contributed by atoms with van der Waals surface area (Å²) in [5.74, 6) is 0.0216. The number of thiophene rings is 1. The number of carbonyl (C=O) groups is 1. The summed E-state index contributed by atoms with van der Waals surface area (Å²) in [7, 11) is 1.61. The van der Waals surface area contributed by atoms with Gasteiger partial charge in [0, 0.05) is 17.0 Å². The van der Waals surface area contributed by atoms with Crippen molar-refractivity contribution >= 4 is 28.3 Å². The Hall–Kier alpha value is -3.32. The fourth-order valence-corrected chi connectivity index (χ4v) is 3.98. The second-order valence-electron chi connectivity index (χ2n) is 6.56. The fraction of sp³-hybridized carbons (Fsp3) is 0.182. The molecule has 4 aromatic rings. The van der Waals surface area contributed by atoms with Crippen LogP contribution in [0, 0.1) is 0 Å². The molecule has 6 nitrogen and oxygen atoms in total. The second kappa shape index (κ2) is 8.36. The average Bonchev–Trinajstić information content (AvgIpc) is 3.36. The van der Waals surface area contributed by atoms with Gasteiger partial charge in [0.05, 0.1) is 19.2 Å². The third kappa shape index (κ3) is 4.09. The molecule has 0 aliphatic carbocycles. The van der Waals surface area contributed by atoms with E-state index >= 15 is 0 Å². The SMILES string of the molecule is COc1ccccc1CN(Cc1cccs1)C(=O)Cn1c(=O)oc2ccccc21. The lowest BCUT2D eigenvalue weighted by Gasteiger charge is -2.23. The van der Waals surface area contributed by atoms with E-state index in [1.54, 1.807) is 41.5 Å². The minimum Gasteiger partial charge on any atom is -0.496 e. The first kappa shape index (κ1) is 19.0. The Labute approximate surface area is 171 Å². The van der Waals surface area contributed by atoms with Crippen LogP contribution in [0.1, 0.15) is 10.4 Å². The molecule has 0 fully saturated rings. The number of ether oxygens (including phenoxy) is 1. The summed E-state index contributed by atoms with van der Waals surface area (Å²) in [5.41, 5.74) is 1.99. The molecule has 2 heterocycles. The Balaban J connectivity index is 1.63. The summed E-state index contributed by atoms with van der Waals surface area (Å²) in [4.78, 5) is 28.3. The number of aromatic nitrogens is 1. The van der Waals surface area contributed by atoms with Crippen molar-refractivity contribution < 1.29 is 13.9 Å². The number of rotatable bonds is 7. The number of hydrogen-bond acceptors (Lipinski definition) is 5. The number of methoxy groups -OCH3 is 1. The Morgan fingerprint density at radius 2 is 1.86 bits per heavy atom. The van der Waals surface area contributed by atoms with Crippen LogP contribution in [0.15, 0.2) is 75.3 Å². The predicted octanol–water partition coefficient (Wildman–Crippen LogP) is 3.89. The summed E-state index contributed by atoms with van der Waals surface area (Å²) in [6, 6.07) is 18.7. The van der Waals surface area contributed by atoms with Gasteiger partial charge in [0.2, 0.25) is 5.91 Å². The molecule has 29 heavy (non-hydrogen) atoms. The monoisotopic (exact) mass is 408 g/mol. The molecule has 7 heteroatoms. The van der Waals surface area contributed by atoms with Crippen molar-refractivity contribution in [1.29, 1.82) is 0 Å². The molecule has 148 valence electrons. The van der Waals surface area contributed by atoms with Crippen molar-refractivity contribution in [1.82, 2.24) is 9.47 Å². The van der Waals surface area contributed by atoms with E-state index in [4.69, 9.17) is 9.15 Å². The Morgan fingerprint density at radius 1 is 1.07 bits per heavy atom. The fourth-order valence-electron chi connectivity index (χ4n) is 3.26. The van der Waals surface area contributed by atoms with E-state index in [1.165, 1.54) is 4.57 Å². The molecular formula is C22H20N2O4S. The number of benzene rings is 2. The molecule has 1 amide bonds. The molecular weight excluding hydrogens is 388 g/mol. The van der Waals surface area contributed by atoms with Gasteiger partial charge in [0.15, 0.2) is 5.58 Å². The Kier molecular flexibility index (Phi) is 5.48. The second-order valence-corrected chi connectivity index (χ2v) is 7.60. The van der Waals surface area contributed by atoms with Crippen molar-refractivity contribution in [2.75, 3.05) is 7.11 Å². The summed E-state index contributed by atoms with van der Waals surface area (Å²) >= 11 is 1.59. The molecule has 2 aromatic carbocycles. The molecule has 0 unspecified atom stereocenters. The van der Waals surface area contributed by atoms with Gasteiger partial charge < -0.3 is 14.1 Å². The molecule has 0 saturated carbocycles. The van der Waals surface area contributed by atoms with Crippen molar-refractivity contribution in [3.05, 3.63) is 87.0 Å². The van der Waals surface area contributed by atoms with Gasteiger partial charge in [0.25, 0.3) is 0 Å². The number of hydrogen-bond donors (Lipinski definition) is 0. The van der Waals surface area contributed by atoms with E-state index in [9.17, 15) is 9.59 Å². The molecule has 0 aliphatic rings. The third-order valence-electron chi connectivity index (χ3n) is 4.70.